The fourth-order valence-electron chi connectivity index (χ4n) is 3.58. The Hall–Kier alpha value is 0.0800. The molecule has 0 heterocycles. The zero-order valence-electron chi connectivity index (χ0n) is 13.7. The monoisotopic (exact) mass is 324 g/mol. The summed E-state index contributed by atoms with van der Waals surface area (Å²) in [6.45, 7) is 9.42. The van der Waals surface area contributed by atoms with Crippen LogP contribution in [-0.2, 0) is 14.1 Å². The van der Waals surface area contributed by atoms with Gasteiger partial charge in [0.1, 0.15) is 0 Å². The predicted molar refractivity (Wildman–Crippen MR) is 92.6 cm³/mol. The Balaban J connectivity index is 5.74. The van der Waals surface area contributed by atoms with Crippen molar-refractivity contribution in [1.29, 1.82) is 0 Å². The van der Waals surface area contributed by atoms with E-state index in [9.17, 15) is 8.42 Å². The minimum atomic E-state index is -3.50. The van der Waals surface area contributed by atoms with E-state index in [1.54, 1.807) is 0 Å². The van der Waals surface area contributed by atoms with Gasteiger partial charge in [-0.2, -0.15) is 0 Å². The van der Waals surface area contributed by atoms with Crippen molar-refractivity contribution in [3.8, 4) is 0 Å². The Morgan fingerprint density at radius 2 is 1.25 bits per heavy atom. The van der Waals surface area contributed by atoms with Crippen molar-refractivity contribution in [2.45, 2.75) is 53.4 Å². The van der Waals surface area contributed by atoms with Crippen molar-refractivity contribution in [1.82, 2.24) is 0 Å². The van der Waals surface area contributed by atoms with E-state index in [0.717, 1.165) is 50.3 Å². The standard InChI is InChI=1S/C15H33O3PS/c1-6-11-19(12-7-2,13-8-3,14-9-4)18-20(16,17)15-10-5/h10H,5-9,11-15H2,1-4H3. The number of hydrogen-bond donors (Lipinski definition) is 0. The van der Waals surface area contributed by atoms with E-state index in [2.05, 4.69) is 34.3 Å². The molecule has 20 heavy (non-hydrogen) atoms. The van der Waals surface area contributed by atoms with Crippen LogP contribution in [0.5, 0.6) is 0 Å². The molecule has 0 aromatic rings. The van der Waals surface area contributed by atoms with Crippen molar-refractivity contribution in [3.63, 3.8) is 0 Å². The van der Waals surface area contributed by atoms with E-state index in [1.165, 1.54) is 6.08 Å². The fraction of sp³-hybridized carbons (Fsp3) is 0.867. The molecule has 0 bridgehead atoms. The van der Waals surface area contributed by atoms with Crippen molar-refractivity contribution < 1.29 is 12.4 Å². The quantitative estimate of drug-likeness (QED) is 0.388. The summed E-state index contributed by atoms with van der Waals surface area (Å²) in [6.07, 6.45) is 9.09. The second-order valence-electron chi connectivity index (χ2n) is 5.84. The van der Waals surface area contributed by atoms with Gasteiger partial charge in [-0.25, -0.2) is 0 Å². The van der Waals surface area contributed by atoms with Gasteiger partial charge < -0.3 is 0 Å². The molecule has 0 unspecified atom stereocenters. The fourth-order valence-corrected chi connectivity index (χ4v) is 13.7. The van der Waals surface area contributed by atoms with E-state index in [0.29, 0.717) is 0 Å². The summed E-state index contributed by atoms with van der Waals surface area (Å²) in [4.78, 5) is 0. The van der Waals surface area contributed by atoms with E-state index < -0.39 is 16.9 Å². The van der Waals surface area contributed by atoms with Gasteiger partial charge in [0, 0.05) is 0 Å². The normalized spacial score (nSPS) is 14.7. The molecule has 0 saturated carbocycles. The topological polar surface area (TPSA) is 43.4 Å². The molecular formula is C15H33O3PS. The van der Waals surface area contributed by atoms with Crippen LogP contribution in [0.15, 0.2) is 12.7 Å². The van der Waals surface area contributed by atoms with Crippen molar-refractivity contribution in [2.24, 2.45) is 0 Å². The summed E-state index contributed by atoms with van der Waals surface area (Å²) in [5.74, 6) is -0.0776. The molecule has 3 nitrogen and oxygen atoms in total. The third-order valence-electron chi connectivity index (χ3n) is 3.80. The molecule has 0 N–H and O–H groups in total. The molecule has 122 valence electrons. The van der Waals surface area contributed by atoms with Crippen LogP contribution in [0.4, 0.5) is 0 Å². The third-order valence-corrected chi connectivity index (χ3v) is 13.4. The minimum absolute atomic E-state index is 0.0776. The van der Waals surface area contributed by atoms with Crippen molar-refractivity contribution in [2.75, 3.05) is 30.4 Å². The van der Waals surface area contributed by atoms with E-state index in [-0.39, 0.29) is 5.75 Å². The first-order chi connectivity index (χ1) is 9.32. The summed E-state index contributed by atoms with van der Waals surface area (Å²) in [5, 5.41) is 0. The molecule has 0 amide bonds. The van der Waals surface area contributed by atoms with Crippen LogP contribution in [-0.4, -0.2) is 38.8 Å². The summed E-state index contributed by atoms with van der Waals surface area (Å²) >= 11 is 0. The van der Waals surface area contributed by atoms with Gasteiger partial charge in [0.15, 0.2) is 0 Å². The first-order valence-corrected chi connectivity index (χ1v) is 12.4. The van der Waals surface area contributed by atoms with Gasteiger partial charge in [0.05, 0.1) is 0 Å². The van der Waals surface area contributed by atoms with Gasteiger partial charge in [0.2, 0.25) is 0 Å². The molecule has 0 rings (SSSR count). The van der Waals surface area contributed by atoms with Crippen LogP contribution in [0.1, 0.15) is 53.4 Å². The molecule has 0 aliphatic heterocycles. The van der Waals surface area contributed by atoms with Crippen LogP contribution in [0, 0.1) is 0 Å². The summed E-state index contributed by atoms with van der Waals surface area (Å²) in [5.41, 5.74) is 0. The molecular weight excluding hydrogens is 291 g/mol. The molecule has 0 aromatic heterocycles. The maximum atomic E-state index is 12.3. The van der Waals surface area contributed by atoms with Gasteiger partial charge in [-0.3, -0.25) is 0 Å². The van der Waals surface area contributed by atoms with E-state index in [1.807, 2.05) is 0 Å². The molecule has 0 atom stereocenters. The molecule has 0 fully saturated rings. The average Bonchev–Trinajstić information content (AvgIpc) is 2.29. The van der Waals surface area contributed by atoms with Gasteiger partial charge in [-0.05, 0) is 0 Å². The van der Waals surface area contributed by atoms with Gasteiger partial charge in [-0.15, -0.1) is 0 Å². The Morgan fingerprint density at radius 3 is 1.50 bits per heavy atom. The molecule has 5 heteroatoms. The van der Waals surface area contributed by atoms with Crippen molar-refractivity contribution >= 4 is 16.9 Å². The molecule has 0 aliphatic carbocycles. The molecule has 0 saturated heterocycles. The molecule has 0 spiro atoms. The average molecular weight is 324 g/mol. The zero-order chi connectivity index (χ0) is 15.7. The third kappa shape index (κ3) is 5.46. The van der Waals surface area contributed by atoms with E-state index >= 15 is 0 Å². The summed E-state index contributed by atoms with van der Waals surface area (Å²) in [6, 6.07) is 0. The number of hydrogen-bond acceptors (Lipinski definition) is 3. The zero-order valence-corrected chi connectivity index (χ0v) is 15.4. The SMILES string of the molecule is C=CCS(=O)(=O)OP(CCC)(CCC)(CCC)CCC. The Bertz CT molecular complexity index is 354. The Kier molecular flexibility index (Phi) is 8.54. The Morgan fingerprint density at radius 1 is 0.900 bits per heavy atom. The van der Waals surface area contributed by atoms with Gasteiger partial charge in [-0.1, -0.05) is 0 Å². The molecule has 0 aromatic carbocycles. The predicted octanol–water partition coefficient (Wildman–Crippen LogP) is 4.63. The van der Waals surface area contributed by atoms with Gasteiger partial charge >= 0.3 is 126 Å². The number of rotatable bonds is 12. The summed E-state index contributed by atoms with van der Waals surface area (Å²) < 4.78 is 30.6. The Labute approximate surface area is 126 Å². The molecule has 0 aliphatic rings. The maximum absolute atomic E-state index is 12.3. The first-order valence-electron chi connectivity index (χ1n) is 7.88. The summed E-state index contributed by atoms with van der Waals surface area (Å²) in [7, 11) is -3.50. The van der Waals surface area contributed by atoms with Gasteiger partial charge in [0.25, 0.3) is 0 Å². The van der Waals surface area contributed by atoms with Crippen LogP contribution in [0.2, 0.25) is 0 Å². The van der Waals surface area contributed by atoms with Crippen LogP contribution >= 0.6 is 6.83 Å². The van der Waals surface area contributed by atoms with Crippen LogP contribution in [0.3, 0.4) is 0 Å². The van der Waals surface area contributed by atoms with Crippen LogP contribution in [0.25, 0.3) is 0 Å². The van der Waals surface area contributed by atoms with Crippen LogP contribution < -0.4 is 0 Å². The second-order valence-corrected chi connectivity index (χ2v) is 13.4. The van der Waals surface area contributed by atoms with Crippen molar-refractivity contribution in [3.05, 3.63) is 12.7 Å². The molecule has 0 radical (unpaired) electrons. The van der Waals surface area contributed by atoms with E-state index in [4.69, 9.17) is 3.97 Å². The second kappa shape index (κ2) is 8.51. The first kappa shape index (κ1) is 20.1.